The van der Waals surface area contributed by atoms with E-state index in [0.717, 1.165) is 70.6 Å². The minimum absolute atomic E-state index is 0.0146. The van der Waals surface area contributed by atoms with E-state index in [1.165, 1.54) is 77.0 Å². The third-order valence-corrected chi connectivity index (χ3v) is 12.5. The largest absolute Gasteiger partial charge is 0.472 e. The number of nitrogens with zero attached hydrogens (tertiary/aromatic N) is 1. The summed E-state index contributed by atoms with van der Waals surface area (Å²) in [7, 11) is 1.41. The van der Waals surface area contributed by atoms with Crippen LogP contribution in [-0.2, 0) is 27.9 Å². The fraction of sp³-hybridized carbons (Fsp3) is 0.613. The summed E-state index contributed by atoms with van der Waals surface area (Å²) in [6.45, 7) is 6.73. The van der Waals surface area contributed by atoms with Crippen molar-refractivity contribution in [2.75, 3.05) is 40.9 Å². The maximum atomic E-state index is 13.5. The van der Waals surface area contributed by atoms with E-state index in [2.05, 4.69) is 86.8 Å². The first kappa shape index (κ1) is 68.2. The zero-order valence-corrected chi connectivity index (χ0v) is 47.3. The SMILES string of the molecule is CC\C=C/C=C/C=C/C=C\C=C\C=C\CCCCCC(=O)NC(COP(=O)(O)OCC[N+](C)(C)C)C(/C=C/CCCCCCCCCCCC)OC(=O)CCC/C=C\C/C=C\C/C=C\C/C=C\CCCCC. The molecule has 0 spiro atoms. The van der Waals surface area contributed by atoms with Gasteiger partial charge in [0.25, 0.3) is 0 Å². The Morgan fingerprint density at radius 1 is 0.514 bits per heavy atom. The topological polar surface area (TPSA) is 111 Å². The van der Waals surface area contributed by atoms with Crippen LogP contribution >= 0.6 is 7.82 Å². The van der Waals surface area contributed by atoms with Crippen LogP contribution in [0.5, 0.6) is 0 Å². The highest BCUT2D eigenvalue weighted by molar-refractivity contribution is 7.47. The summed E-state index contributed by atoms with van der Waals surface area (Å²) in [5, 5.41) is 3.00. The molecule has 0 aliphatic heterocycles. The number of likely N-dealkylation sites (N-methyl/N-ethyl adjacent to an activating group) is 1. The van der Waals surface area contributed by atoms with E-state index in [0.29, 0.717) is 23.9 Å². The molecule has 0 radical (unpaired) electrons. The van der Waals surface area contributed by atoms with Gasteiger partial charge in [0.05, 0.1) is 33.8 Å². The summed E-state index contributed by atoms with van der Waals surface area (Å²) in [5.74, 6) is -0.636. The molecule has 0 fully saturated rings. The van der Waals surface area contributed by atoms with Crippen molar-refractivity contribution in [3.05, 3.63) is 134 Å². The first-order valence-corrected chi connectivity index (χ1v) is 29.6. The lowest BCUT2D eigenvalue weighted by atomic mass is 10.1. The maximum Gasteiger partial charge on any atom is 0.472 e. The second-order valence-electron chi connectivity index (χ2n) is 19.5. The Balaban J connectivity index is 5.58. The summed E-state index contributed by atoms with van der Waals surface area (Å²) in [4.78, 5) is 37.5. The van der Waals surface area contributed by atoms with Crippen LogP contribution in [0.2, 0.25) is 0 Å². The van der Waals surface area contributed by atoms with Crippen molar-refractivity contribution in [3.8, 4) is 0 Å². The lowest BCUT2D eigenvalue weighted by Gasteiger charge is -2.27. The number of esters is 1. The molecule has 0 aromatic heterocycles. The molecule has 72 heavy (non-hydrogen) atoms. The number of rotatable bonds is 48. The van der Waals surface area contributed by atoms with Crippen molar-refractivity contribution < 1.29 is 37.3 Å². The van der Waals surface area contributed by atoms with Crippen LogP contribution in [0.1, 0.15) is 194 Å². The van der Waals surface area contributed by atoms with E-state index in [-0.39, 0.29) is 32.0 Å². The molecule has 0 saturated heterocycles. The quantitative estimate of drug-likeness (QED) is 0.0156. The van der Waals surface area contributed by atoms with Gasteiger partial charge in [0.2, 0.25) is 5.91 Å². The Morgan fingerprint density at radius 3 is 1.51 bits per heavy atom. The van der Waals surface area contributed by atoms with E-state index in [9.17, 15) is 19.0 Å². The molecule has 9 nitrogen and oxygen atoms in total. The summed E-state index contributed by atoms with van der Waals surface area (Å²) >= 11 is 0. The molecule has 10 heteroatoms. The van der Waals surface area contributed by atoms with Crippen molar-refractivity contribution >= 4 is 19.7 Å². The van der Waals surface area contributed by atoms with Crippen LogP contribution in [0, 0.1) is 0 Å². The fourth-order valence-electron chi connectivity index (χ4n) is 7.14. The number of phosphoric ester groups is 1. The number of unbranched alkanes of at least 4 members (excludes halogenated alkanes) is 17. The van der Waals surface area contributed by atoms with E-state index < -0.39 is 25.9 Å². The van der Waals surface area contributed by atoms with E-state index in [1.807, 2.05) is 94.1 Å². The number of ether oxygens (including phenoxy) is 1. The molecule has 1 amide bonds. The number of nitrogens with one attached hydrogen (secondary N) is 1. The molecule has 0 aliphatic carbocycles. The number of hydrogen-bond acceptors (Lipinski definition) is 6. The molecule has 3 unspecified atom stereocenters. The Bertz CT molecular complexity index is 1690. The van der Waals surface area contributed by atoms with Crippen molar-refractivity contribution in [2.45, 2.75) is 206 Å². The van der Waals surface area contributed by atoms with Crippen LogP contribution < -0.4 is 5.32 Å². The van der Waals surface area contributed by atoms with Crippen molar-refractivity contribution in [1.82, 2.24) is 5.32 Å². The molecule has 0 aliphatic rings. The van der Waals surface area contributed by atoms with Crippen LogP contribution in [0.15, 0.2) is 134 Å². The minimum atomic E-state index is -4.48. The fourth-order valence-corrected chi connectivity index (χ4v) is 7.87. The van der Waals surface area contributed by atoms with E-state index in [1.54, 1.807) is 0 Å². The molecule has 0 aromatic rings. The maximum absolute atomic E-state index is 13.5. The molecular formula is C62H104N2O7P+. The number of hydrogen-bond donors (Lipinski definition) is 2. The summed E-state index contributed by atoms with van der Waals surface area (Å²) < 4.78 is 30.5. The Morgan fingerprint density at radius 2 is 0.958 bits per heavy atom. The average molecular weight is 1020 g/mol. The lowest BCUT2D eigenvalue weighted by Crippen LogP contribution is -2.47. The van der Waals surface area contributed by atoms with Gasteiger partial charge >= 0.3 is 13.8 Å². The molecule has 3 atom stereocenters. The number of carbonyl (C=O) groups excluding carboxylic acids is 2. The van der Waals surface area contributed by atoms with Gasteiger partial charge in [0.1, 0.15) is 19.3 Å². The van der Waals surface area contributed by atoms with E-state index >= 15 is 0 Å². The van der Waals surface area contributed by atoms with Crippen molar-refractivity contribution in [2.24, 2.45) is 0 Å². The highest BCUT2D eigenvalue weighted by atomic mass is 31.2. The Kier molecular flexibility index (Phi) is 48.0. The zero-order valence-electron chi connectivity index (χ0n) is 46.4. The van der Waals surface area contributed by atoms with Gasteiger partial charge in [-0.2, -0.15) is 0 Å². The summed E-state index contributed by atoms with van der Waals surface area (Å²) in [6, 6.07) is -0.903. The second kappa shape index (κ2) is 50.7. The predicted molar refractivity (Wildman–Crippen MR) is 309 cm³/mol. The molecule has 0 heterocycles. The number of allylic oxidation sites excluding steroid dienone is 21. The number of carbonyl (C=O) groups is 2. The molecule has 2 N–H and O–H groups in total. The van der Waals surface area contributed by atoms with E-state index in [4.69, 9.17) is 13.8 Å². The standard InChI is InChI=1S/C62H103N2O7P/c1-7-10-13-16-19-22-25-28-30-32-34-36-39-42-45-48-51-54-61(65)63-59(58-70-72(67,68)69-57-56-64(4,5)6)60(53-50-47-44-41-38-27-24-21-18-15-12-9-3)71-62(66)55-52-49-46-43-40-37-35-33-31-29-26-23-20-17-14-11-8-2/h10,13,16,19-20,22-23,25,28-32,34-37,39,43,46,50,53,59-60H,7-9,11-12,14-15,17-18,21,24,26-27,33,38,40-42,44-45,47-49,51-52,54-58H2,1-6H3,(H-,63,65,67,68)/p+1/b13-10-,19-16+,23-20-,25-22+,30-28-,31-29-,34-32+,37-35-,39-36+,46-43-,53-50+. The second-order valence-corrected chi connectivity index (χ2v) is 21.0. The van der Waals surface area contributed by atoms with Gasteiger partial charge in [-0.15, -0.1) is 0 Å². The van der Waals surface area contributed by atoms with Gasteiger partial charge in [-0.05, 0) is 89.5 Å². The zero-order chi connectivity index (χ0) is 52.9. The Labute approximate surface area is 441 Å². The normalized spacial score (nSPS) is 14.8. The first-order valence-electron chi connectivity index (χ1n) is 28.1. The summed E-state index contributed by atoms with van der Waals surface area (Å²) in [5.41, 5.74) is 0. The van der Waals surface area contributed by atoms with Crippen LogP contribution in [0.4, 0.5) is 0 Å². The van der Waals surface area contributed by atoms with Gasteiger partial charge < -0.3 is 19.4 Å². The van der Waals surface area contributed by atoms with Gasteiger partial charge in [0, 0.05) is 12.8 Å². The molecule has 408 valence electrons. The molecular weight excluding hydrogens is 916 g/mol. The highest BCUT2D eigenvalue weighted by Crippen LogP contribution is 2.43. The minimum Gasteiger partial charge on any atom is -0.456 e. The smallest absolute Gasteiger partial charge is 0.456 e. The molecule has 0 bridgehead atoms. The molecule has 0 rings (SSSR count). The van der Waals surface area contributed by atoms with Gasteiger partial charge in [-0.25, -0.2) is 4.57 Å². The monoisotopic (exact) mass is 1020 g/mol. The molecule has 0 aromatic carbocycles. The third-order valence-electron chi connectivity index (χ3n) is 11.5. The van der Waals surface area contributed by atoms with Crippen LogP contribution in [0.3, 0.4) is 0 Å². The number of quaternary nitrogens is 1. The Hall–Kier alpha value is -3.85. The first-order chi connectivity index (χ1) is 34.9. The van der Waals surface area contributed by atoms with Crippen LogP contribution in [0.25, 0.3) is 0 Å². The van der Waals surface area contributed by atoms with Crippen LogP contribution in [-0.4, -0.2) is 74.3 Å². The predicted octanol–water partition coefficient (Wildman–Crippen LogP) is 16.9. The lowest BCUT2D eigenvalue weighted by molar-refractivity contribution is -0.870. The van der Waals surface area contributed by atoms with Gasteiger partial charge in [-0.1, -0.05) is 225 Å². The number of phosphoric acid groups is 1. The average Bonchev–Trinajstić information content (AvgIpc) is 3.34. The molecule has 0 saturated carbocycles. The van der Waals surface area contributed by atoms with Gasteiger partial charge in [-0.3, -0.25) is 18.6 Å². The van der Waals surface area contributed by atoms with Crippen molar-refractivity contribution in [1.29, 1.82) is 0 Å². The number of amides is 1. The summed E-state index contributed by atoms with van der Waals surface area (Å²) in [6.07, 6.45) is 71.7. The van der Waals surface area contributed by atoms with Crippen molar-refractivity contribution in [3.63, 3.8) is 0 Å². The third kappa shape index (κ3) is 51.1. The highest BCUT2D eigenvalue weighted by Gasteiger charge is 2.30. The van der Waals surface area contributed by atoms with Gasteiger partial charge in [0.15, 0.2) is 0 Å².